The molecule has 7 nitrogen and oxygen atoms in total. The number of carboxylic acids is 1. The topological polar surface area (TPSA) is 93.0 Å². The lowest BCUT2D eigenvalue weighted by molar-refractivity contribution is -0.301. The Balaban J connectivity index is 1.74. The second-order valence-corrected chi connectivity index (χ2v) is 5.68. The van der Waals surface area contributed by atoms with Gasteiger partial charge in [-0.1, -0.05) is 30.0 Å². The molecule has 23 heavy (non-hydrogen) atoms. The van der Waals surface area contributed by atoms with Crippen molar-refractivity contribution in [1.82, 2.24) is 19.7 Å². The number of aromatic nitrogens is 4. The third kappa shape index (κ3) is 3.42. The summed E-state index contributed by atoms with van der Waals surface area (Å²) < 4.78 is 7.50. The van der Waals surface area contributed by atoms with Gasteiger partial charge in [-0.3, -0.25) is 4.98 Å². The van der Waals surface area contributed by atoms with Gasteiger partial charge in [0, 0.05) is 24.4 Å². The van der Waals surface area contributed by atoms with Crippen LogP contribution in [0.3, 0.4) is 0 Å². The van der Waals surface area contributed by atoms with Crippen molar-refractivity contribution in [1.29, 1.82) is 0 Å². The van der Waals surface area contributed by atoms with Gasteiger partial charge < -0.3 is 19.2 Å². The first kappa shape index (κ1) is 15.3. The highest BCUT2D eigenvalue weighted by molar-refractivity contribution is 7.99. The maximum atomic E-state index is 10.5. The standard InChI is InChI=1S/C15H14N4O3S/c1-19-12(17-18-15(19)23-9-13(20)21)8-22-11-6-2-4-10-5-3-7-16-14(10)11/h2-7H,8-9H2,1H3,(H,20,21)/p-1. The van der Waals surface area contributed by atoms with Crippen LogP contribution in [0.2, 0.25) is 0 Å². The first-order valence-electron chi connectivity index (χ1n) is 6.82. The van der Waals surface area contributed by atoms with E-state index in [9.17, 15) is 9.90 Å². The van der Waals surface area contributed by atoms with Gasteiger partial charge in [-0.05, 0) is 12.1 Å². The molecule has 3 rings (SSSR count). The summed E-state index contributed by atoms with van der Waals surface area (Å²) in [5, 5.41) is 20.0. The number of carbonyl (C=O) groups is 1. The number of carbonyl (C=O) groups excluding carboxylic acids is 1. The molecule has 0 amide bonds. The van der Waals surface area contributed by atoms with Crippen LogP contribution in [-0.4, -0.2) is 31.5 Å². The lowest BCUT2D eigenvalue weighted by Gasteiger charge is -2.08. The highest BCUT2D eigenvalue weighted by Crippen LogP contribution is 2.24. The fraction of sp³-hybridized carbons (Fsp3) is 0.200. The molecule has 0 fully saturated rings. The van der Waals surface area contributed by atoms with E-state index in [4.69, 9.17) is 4.74 Å². The number of para-hydroxylation sites is 1. The Bertz CT molecular complexity index is 844. The number of carboxylic acid groups (broad SMARTS) is 1. The minimum absolute atomic E-state index is 0.167. The quantitative estimate of drug-likeness (QED) is 0.617. The van der Waals surface area contributed by atoms with Gasteiger partial charge >= 0.3 is 0 Å². The minimum atomic E-state index is -1.14. The van der Waals surface area contributed by atoms with E-state index in [0.29, 0.717) is 16.7 Å². The zero-order valence-corrected chi connectivity index (χ0v) is 13.1. The maximum Gasteiger partial charge on any atom is 0.191 e. The van der Waals surface area contributed by atoms with Crippen molar-refractivity contribution in [2.24, 2.45) is 7.05 Å². The van der Waals surface area contributed by atoms with E-state index in [1.807, 2.05) is 30.3 Å². The van der Waals surface area contributed by atoms with Crippen molar-refractivity contribution < 1.29 is 14.6 Å². The maximum absolute atomic E-state index is 10.5. The molecule has 0 atom stereocenters. The van der Waals surface area contributed by atoms with Crippen LogP contribution in [-0.2, 0) is 18.4 Å². The number of fused-ring (bicyclic) bond motifs is 1. The first-order chi connectivity index (χ1) is 11.1. The van der Waals surface area contributed by atoms with Crippen LogP contribution >= 0.6 is 11.8 Å². The SMILES string of the molecule is Cn1c(COc2cccc3cccnc23)nnc1SCC(=O)[O-]. The predicted molar refractivity (Wildman–Crippen MR) is 82.8 cm³/mol. The molecule has 0 spiro atoms. The molecule has 8 heteroatoms. The van der Waals surface area contributed by atoms with Crippen LogP contribution in [0, 0.1) is 0 Å². The molecule has 0 bridgehead atoms. The molecule has 2 heterocycles. The number of aliphatic carboxylic acids is 1. The first-order valence-corrected chi connectivity index (χ1v) is 7.81. The summed E-state index contributed by atoms with van der Waals surface area (Å²) in [4.78, 5) is 14.8. The van der Waals surface area contributed by atoms with Gasteiger partial charge in [0.1, 0.15) is 17.9 Å². The molecule has 118 valence electrons. The van der Waals surface area contributed by atoms with E-state index in [0.717, 1.165) is 22.7 Å². The largest absolute Gasteiger partial charge is 0.549 e. The number of nitrogens with zero attached hydrogens (tertiary/aromatic N) is 4. The zero-order valence-electron chi connectivity index (χ0n) is 12.3. The van der Waals surface area contributed by atoms with Crippen LogP contribution < -0.4 is 9.84 Å². The normalized spacial score (nSPS) is 10.8. The Morgan fingerprint density at radius 3 is 2.96 bits per heavy atom. The highest BCUT2D eigenvalue weighted by atomic mass is 32.2. The smallest absolute Gasteiger partial charge is 0.191 e. The fourth-order valence-corrected chi connectivity index (χ4v) is 2.70. The van der Waals surface area contributed by atoms with Gasteiger partial charge in [-0.2, -0.15) is 0 Å². The predicted octanol–water partition coefficient (Wildman–Crippen LogP) is 0.784. The van der Waals surface area contributed by atoms with Crippen molar-refractivity contribution in [2.45, 2.75) is 11.8 Å². The van der Waals surface area contributed by atoms with Gasteiger partial charge in [0.05, 0.1) is 5.97 Å². The summed E-state index contributed by atoms with van der Waals surface area (Å²) in [6.45, 7) is 0.213. The van der Waals surface area contributed by atoms with E-state index in [1.165, 1.54) is 0 Å². The van der Waals surface area contributed by atoms with Crippen molar-refractivity contribution in [3.8, 4) is 5.75 Å². The second-order valence-electron chi connectivity index (χ2n) is 4.74. The number of benzene rings is 1. The van der Waals surface area contributed by atoms with Gasteiger partial charge in [-0.15, -0.1) is 10.2 Å². The van der Waals surface area contributed by atoms with E-state index in [2.05, 4.69) is 15.2 Å². The molecule has 0 aliphatic rings. The van der Waals surface area contributed by atoms with Crippen LogP contribution in [0.5, 0.6) is 5.75 Å². The summed E-state index contributed by atoms with van der Waals surface area (Å²) in [7, 11) is 1.76. The number of hydrogen-bond acceptors (Lipinski definition) is 7. The van der Waals surface area contributed by atoms with E-state index < -0.39 is 5.97 Å². The van der Waals surface area contributed by atoms with Crippen molar-refractivity contribution in [2.75, 3.05) is 5.75 Å². The molecule has 3 aromatic rings. The third-order valence-electron chi connectivity index (χ3n) is 3.20. The van der Waals surface area contributed by atoms with Crippen molar-refractivity contribution in [3.05, 3.63) is 42.4 Å². The Morgan fingerprint density at radius 2 is 2.13 bits per heavy atom. The summed E-state index contributed by atoms with van der Waals surface area (Å²) in [5.74, 6) is -0.0495. The number of pyridine rings is 1. The summed E-state index contributed by atoms with van der Waals surface area (Å²) in [6, 6.07) is 9.54. The monoisotopic (exact) mass is 329 g/mol. The minimum Gasteiger partial charge on any atom is -0.549 e. The highest BCUT2D eigenvalue weighted by Gasteiger charge is 2.11. The van der Waals surface area contributed by atoms with Gasteiger partial charge in [0.2, 0.25) is 0 Å². The van der Waals surface area contributed by atoms with E-state index >= 15 is 0 Å². The van der Waals surface area contributed by atoms with Crippen molar-refractivity contribution in [3.63, 3.8) is 0 Å². The van der Waals surface area contributed by atoms with Crippen LogP contribution in [0.1, 0.15) is 5.82 Å². The molecular weight excluding hydrogens is 316 g/mol. The molecule has 1 aromatic carbocycles. The number of thioether (sulfide) groups is 1. The molecular formula is C15H13N4O3S-. The molecule has 0 saturated carbocycles. The summed E-state index contributed by atoms with van der Waals surface area (Å²) in [5.41, 5.74) is 0.781. The van der Waals surface area contributed by atoms with Crippen LogP contribution in [0.25, 0.3) is 10.9 Å². The third-order valence-corrected chi connectivity index (χ3v) is 4.19. The van der Waals surface area contributed by atoms with Crippen LogP contribution in [0.15, 0.2) is 41.7 Å². The van der Waals surface area contributed by atoms with E-state index in [1.54, 1.807) is 17.8 Å². The van der Waals surface area contributed by atoms with Crippen LogP contribution in [0.4, 0.5) is 0 Å². The fourth-order valence-electron chi connectivity index (χ4n) is 2.05. The zero-order chi connectivity index (χ0) is 16.2. The Morgan fingerprint density at radius 1 is 1.30 bits per heavy atom. The number of hydrogen-bond donors (Lipinski definition) is 0. The molecule has 0 saturated heterocycles. The summed E-state index contributed by atoms with van der Waals surface area (Å²) in [6.07, 6.45) is 1.71. The second kappa shape index (κ2) is 6.66. The Kier molecular flexibility index (Phi) is 4.42. The van der Waals surface area contributed by atoms with Gasteiger partial charge in [0.25, 0.3) is 0 Å². The number of rotatable bonds is 6. The van der Waals surface area contributed by atoms with E-state index in [-0.39, 0.29) is 12.4 Å². The molecule has 0 aliphatic heterocycles. The Hall–Kier alpha value is -2.61. The lowest BCUT2D eigenvalue weighted by atomic mass is 10.2. The Labute approximate surface area is 136 Å². The van der Waals surface area contributed by atoms with Gasteiger partial charge in [0.15, 0.2) is 11.0 Å². The molecule has 2 aromatic heterocycles. The molecule has 0 aliphatic carbocycles. The molecule has 0 N–H and O–H groups in total. The van der Waals surface area contributed by atoms with Gasteiger partial charge in [-0.25, -0.2) is 0 Å². The molecule has 0 radical (unpaired) electrons. The lowest BCUT2D eigenvalue weighted by Crippen LogP contribution is -2.24. The molecule has 0 unspecified atom stereocenters. The average Bonchev–Trinajstić information content (AvgIpc) is 2.91. The van der Waals surface area contributed by atoms with Crippen molar-refractivity contribution >= 4 is 28.6 Å². The average molecular weight is 329 g/mol. The number of ether oxygens (including phenoxy) is 1. The summed E-state index contributed by atoms with van der Waals surface area (Å²) >= 11 is 1.06.